The lowest BCUT2D eigenvalue weighted by atomic mass is 9.98. The molecular weight excluding hydrogens is 517 g/mol. The molecule has 2 aromatic carbocycles. The summed E-state index contributed by atoms with van der Waals surface area (Å²) in [6, 6.07) is 14.2. The van der Waals surface area contributed by atoms with Gasteiger partial charge in [-0.05, 0) is 77.9 Å². The largest absolute Gasteiger partial charge is 0.465 e. The fourth-order valence-electron chi connectivity index (χ4n) is 4.59. The Morgan fingerprint density at radius 1 is 1.11 bits per heavy atom. The van der Waals surface area contributed by atoms with Gasteiger partial charge in [0.25, 0.3) is 0 Å². The van der Waals surface area contributed by atoms with Crippen LogP contribution >= 0.6 is 11.9 Å². The van der Waals surface area contributed by atoms with E-state index in [1.165, 1.54) is 13.2 Å². The number of aromatic nitrogens is 1. The number of pyridine rings is 1. The quantitative estimate of drug-likeness (QED) is 0.309. The van der Waals surface area contributed by atoms with Crippen molar-refractivity contribution in [2.45, 2.75) is 36.4 Å². The molecule has 198 valence electrons. The number of amides is 1. The predicted molar refractivity (Wildman–Crippen MR) is 139 cm³/mol. The van der Waals surface area contributed by atoms with Crippen molar-refractivity contribution in [2.24, 2.45) is 0 Å². The van der Waals surface area contributed by atoms with Crippen molar-refractivity contribution in [3.63, 3.8) is 0 Å². The highest BCUT2D eigenvalue weighted by Crippen LogP contribution is 2.35. The number of nitrogens with zero attached hydrogens (tertiary/aromatic N) is 2. The molecule has 11 heteroatoms. The number of rotatable bonds is 6. The van der Waals surface area contributed by atoms with Crippen LogP contribution in [0.25, 0.3) is 11.1 Å². The summed E-state index contributed by atoms with van der Waals surface area (Å²) >= 11 is 1.65. The van der Waals surface area contributed by atoms with Crippen LogP contribution in [0, 0.1) is 0 Å². The summed E-state index contributed by atoms with van der Waals surface area (Å²) in [5.41, 5.74) is 2.63. The van der Waals surface area contributed by atoms with E-state index in [0.717, 1.165) is 59.8 Å². The molecule has 0 atom stereocenters. The molecule has 0 unspecified atom stereocenters. The van der Waals surface area contributed by atoms with Gasteiger partial charge in [-0.2, -0.15) is 13.2 Å². The Kier molecular flexibility index (Phi) is 7.31. The van der Waals surface area contributed by atoms with Crippen molar-refractivity contribution in [3.05, 3.63) is 71.4 Å². The molecule has 0 bridgehead atoms. The Bertz CT molecular complexity index is 1340. The van der Waals surface area contributed by atoms with Crippen molar-refractivity contribution in [1.82, 2.24) is 9.29 Å². The number of fused-ring (bicyclic) bond motifs is 1. The molecule has 3 aromatic rings. The number of carbonyl (C=O) groups excluding carboxylic acids is 2. The highest BCUT2D eigenvalue weighted by atomic mass is 32.2. The number of benzene rings is 2. The van der Waals surface area contributed by atoms with Gasteiger partial charge in [-0.25, -0.2) is 14.1 Å². The zero-order valence-corrected chi connectivity index (χ0v) is 21.3. The molecule has 0 saturated carbocycles. The monoisotopic (exact) mass is 542 g/mol. The minimum atomic E-state index is -4.39. The minimum absolute atomic E-state index is 0.142. The van der Waals surface area contributed by atoms with Gasteiger partial charge in [0.1, 0.15) is 5.82 Å². The van der Waals surface area contributed by atoms with Gasteiger partial charge in [-0.3, -0.25) is 4.79 Å². The van der Waals surface area contributed by atoms with Gasteiger partial charge in [-0.15, -0.1) is 0 Å². The number of nitrogens with one attached hydrogen (secondary N) is 2. The number of ether oxygens (including phenoxy) is 1. The van der Waals surface area contributed by atoms with Gasteiger partial charge in [0.15, 0.2) is 0 Å². The molecule has 0 radical (unpaired) electrons. The number of anilines is 2. The zero-order chi connectivity index (χ0) is 26.9. The first-order chi connectivity index (χ1) is 18.2. The normalized spacial score (nSPS) is 16.2. The SMILES string of the molecule is COC(=O)c1cc(-c2ccc(SN3CCC(Nc4ccc(C(F)(F)F)cn4)CC3)cc2)cc2c1NC(=O)C2. The van der Waals surface area contributed by atoms with Gasteiger partial charge in [0.05, 0.1) is 30.3 Å². The third-order valence-electron chi connectivity index (χ3n) is 6.56. The molecule has 2 aliphatic heterocycles. The maximum absolute atomic E-state index is 12.7. The first-order valence-corrected chi connectivity index (χ1v) is 12.8. The molecule has 2 aliphatic rings. The van der Waals surface area contributed by atoms with Crippen LogP contribution in [0.2, 0.25) is 0 Å². The van der Waals surface area contributed by atoms with Crippen molar-refractivity contribution in [2.75, 3.05) is 30.8 Å². The van der Waals surface area contributed by atoms with Crippen molar-refractivity contribution in [1.29, 1.82) is 0 Å². The van der Waals surface area contributed by atoms with E-state index in [9.17, 15) is 22.8 Å². The summed E-state index contributed by atoms with van der Waals surface area (Å²) in [5, 5.41) is 5.97. The maximum atomic E-state index is 12.7. The number of piperidine rings is 1. The molecular formula is C27H25F3N4O3S. The lowest BCUT2D eigenvalue weighted by Crippen LogP contribution is -2.35. The number of methoxy groups -OCH3 is 1. The van der Waals surface area contributed by atoms with Crippen LogP contribution in [0.15, 0.2) is 59.6 Å². The Hall–Kier alpha value is -3.57. The van der Waals surface area contributed by atoms with Gasteiger partial charge in [0, 0.05) is 30.2 Å². The number of halogens is 3. The van der Waals surface area contributed by atoms with E-state index in [1.54, 1.807) is 18.0 Å². The average Bonchev–Trinajstić information content (AvgIpc) is 3.29. The summed E-state index contributed by atoms with van der Waals surface area (Å²) in [4.78, 5) is 29.1. The third kappa shape index (κ3) is 5.78. The molecule has 0 spiro atoms. The smallest absolute Gasteiger partial charge is 0.417 e. The van der Waals surface area contributed by atoms with E-state index in [1.807, 2.05) is 30.3 Å². The van der Waals surface area contributed by atoms with Gasteiger partial charge < -0.3 is 15.4 Å². The number of hydrogen-bond donors (Lipinski definition) is 2. The summed E-state index contributed by atoms with van der Waals surface area (Å²) in [6.07, 6.45) is -1.64. The van der Waals surface area contributed by atoms with Crippen molar-refractivity contribution >= 4 is 35.3 Å². The second-order valence-electron chi connectivity index (χ2n) is 9.17. The highest BCUT2D eigenvalue weighted by Gasteiger charge is 2.31. The second kappa shape index (κ2) is 10.7. The molecule has 1 amide bonds. The molecule has 1 saturated heterocycles. The second-order valence-corrected chi connectivity index (χ2v) is 10.3. The van der Waals surface area contributed by atoms with Crippen LogP contribution in [0.5, 0.6) is 0 Å². The van der Waals surface area contributed by atoms with Crippen LogP contribution in [0.1, 0.15) is 34.3 Å². The first kappa shape index (κ1) is 26.1. The molecule has 7 nitrogen and oxygen atoms in total. The van der Waals surface area contributed by atoms with E-state index < -0.39 is 17.7 Å². The molecule has 2 N–H and O–H groups in total. The fraction of sp³-hybridized carbons (Fsp3) is 0.296. The van der Waals surface area contributed by atoms with E-state index in [2.05, 4.69) is 19.9 Å². The number of alkyl halides is 3. The third-order valence-corrected chi connectivity index (χ3v) is 7.67. The Balaban J connectivity index is 1.18. The van der Waals surface area contributed by atoms with Gasteiger partial charge >= 0.3 is 12.1 Å². The Morgan fingerprint density at radius 3 is 2.47 bits per heavy atom. The van der Waals surface area contributed by atoms with E-state index in [-0.39, 0.29) is 18.4 Å². The van der Waals surface area contributed by atoms with Crippen LogP contribution in [-0.4, -0.2) is 47.4 Å². The lowest BCUT2D eigenvalue weighted by molar-refractivity contribution is -0.137. The van der Waals surface area contributed by atoms with Crippen LogP contribution in [-0.2, 0) is 22.1 Å². The Morgan fingerprint density at radius 2 is 1.84 bits per heavy atom. The van der Waals surface area contributed by atoms with Crippen LogP contribution in [0.4, 0.5) is 24.7 Å². The highest BCUT2D eigenvalue weighted by molar-refractivity contribution is 7.97. The van der Waals surface area contributed by atoms with Crippen LogP contribution < -0.4 is 10.6 Å². The summed E-state index contributed by atoms with van der Waals surface area (Å²) in [7, 11) is 1.31. The van der Waals surface area contributed by atoms with Crippen LogP contribution in [0.3, 0.4) is 0 Å². The summed E-state index contributed by atoms with van der Waals surface area (Å²) in [6.45, 7) is 1.64. The summed E-state index contributed by atoms with van der Waals surface area (Å²) in [5.74, 6) is -0.199. The zero-order valence-electron chi connectivity index (χ0n) is 20.5. The van der Waals surface area contributed by atoms with Gasteiger partial charge in [0.2, 0.25) is 5.91 Å². The van der Waals surface area contributed by atoms with E-state index >= 15 is 0 Å². The number of carbonyl (C=O) groups is 2. The van der Waals surface area contributed by atoms with E-state index in [0.29, 0.717) is 17.1 Å². The maximum Gasteiger partial charge on any atom is 0.417 e. The average molecular weight is 543 g/mol. The first-order valence-electron chi connectivity index (χ1n) is 12.1. The minimum Gasteiger partial charge on any atom is -0.465 e. The molecule has 1 aromatic heterocycles. The standard InChI is InChI=1S/C27H25F3N4O3S/c1-37-26(36)22-13-17(12-18-14-24(35)33-25(18)22)16-2-5-21(6-3-16)38-34-10-8-20(9-11-34)32-23-7-4-19(15-31-23)27(28,29)30/h2-7,12-13,15,20H,8-11,14H2,1H3,(H,31,32)(H,33,35). The number of esters is 1. The number of hydrogen-bond acceptors (Lipinski definition) is 7. The molecule has 5 rings (SSSR count). The predicted octanol–water partition coefficient (Wildman–Crippen LogP) is 5.63. The lowest BCUT2D eigenvalue weighted by Gasteiger charge is -2.31. The topological polar surface area (TPSA) is 83.6 Å². The van der Waals surface area contributed by atoms with Crippen molar-refractivity contribution < 1.29 is 27.5 Å². The summed E-state index contributed by atoms with van der Waals surface area (Å²) < 4.78 is 45.3. The van der Waals surface area contributed by atoms with Gasteiger partial charge in [-0.1, -0.05) is 12.1 Å². The van der Waals surface area contributed by atoms with Crippen molar-refractivity contribution in [3.8, 4) is 11.1 Å². The molecule has 1 fully saturated rings. The Labute approximate surface area is 221 Å². The van der Waals surface area contributed by atoms with E-state index in [4.69, 9.17) is 4.74 Å². The molecule has 0 aliphatic carbocycles. The fourth-order valence-corrected chi connectivity index (χ4v) is 5.54. The molecule has 38 heavy (non-hydrogen) atoms. The molecule has 3 heterocycles.